The van der Waals surface area contributed by atoms with E-state index in [0.29, 0.717) is 34.3 Å². The monoisotopic (exact) mass is 592 g/mol. The third-order valence-corrected chi connectivity index (χ3v) is 9.57. The molecule has 0 spiro atoms. The van der Waals surface area contributed by atoms with Crippen molar-refractivity contribution in [3.63, 3.8) is 0 Å². The van der Waals surface area contributed by atoms with Gasteiger partial charge in [-0.25, -0.2) is 4.98 Å². The Labute approximate surface area is 255 Å². The number of aliphatic carboxylic acids is 1. The summed E-state index contributed by atoms with van der Waals surface area (Å²) in [4.78, 5) is 56.0. The summed E-state index contributed by atoms with van der Waals surface area (Å²) in [5.74, 6) is -3.64. The normalized spacial score (nSPS) is 19.0. The fourth-order valence-electron chi connectivity index (χ4n) is 7.09. The molecule has 226 valence electrons. The Kier molecular flexibility index (Phi) is 7.14. The minimum atomic E-state index is -1.19. The van der Waals surface area contributed by atoms with Gasteiger partial charge in [-0.05, 0) is 74.1 Å². The topological polar surface area (TPSA) is 138 Å². The van der Waals surface area contributed by atoms with Crippen LogP contribution in [0, 0.1) is 13.8 Å². The number of hydrogen-bond acceptors (Lipinski definition) is 6. The van der Waals surface area contributed by atoms with E-state index in [1.807, 2.05) is 45.0 Å². The lowest BCUT2D eigenvalue weighted by Crippen LogP contribution is -2.21. The van der Waals surface area contributed by atoms with E-state index in [1.165, 1.54) is 7.11 Å². The number of nitrogens with one attached hydrogen (secondary N) is 2. The van der Waals surface area contributed by atoms with Crippen molar-refractivity contribution in [3.05, 3.63) is 75.4 Å². The van der Waals surface area contributed by atoms with Gasteiger partial charge in [0.05, 0.1) is 29.7 Å². The first kappa shape index (κ1) is 29.3. The van der Waals surface area contributed by atoms with E-state index in [2.05, 4.69) is 30.4 Å². The summed E-state index contributed by atoms with van der Waals surface area (Å²) in [6.07, 6.45) is 2.82. The summed E-state index contributed by atoms with van der Waals surface area (Å²) >= 11 is 0. The number of aromatic amines is 2. The van der Waals surface area contributed by atoms with Crippen LogP contribution in [0.5, 0.6) is 0 Å². The van der Waals surface area contributed by atoms with Gasteiger partial charge in [0.1, 0.15) is 5.92 Å². The van der Waals surface area contributed by atoms with E-state index >= 15 is 0 Å². The van der Waals surface area contributed by atoms with Crippen LogP contribution in [0.2, 0.25) is 0 Å². The molecule has 1 aliphatic carbocycles. The largest absolute Gasteiger partial charge is 0.481 e. The Morgan fingerprint density at radius 1 is 1.05 bits per heavy atom. The SMILES string of the molecule is C=Cc1c(C)c2cc3nc(c4c5[nH]c(cc6nc(cc1[nH]2)C(C)=C6CC)c(C)c5C(=O)C4C(=O)OC)[C@@H](CCC(=O)O)C3C. The number of methoxy groups -OCH3 is 1. The molecule has 3 atom stereocenters. The van der Waals surface area contributed by atoms with Crippen molar-refractivity contribution in [2.75, 3.05) is 7.11 Å². The zero-order valence-electron chi connectivity index (χ0n) is 25.8. The Balaban J connectivity index is 1.82. The van der Waals surface area contributed by atoms with Crippen LogP contribution in [0.4, 0.5) is 0 Å². The summed E-state index contributed by atoms with van der Waals surface area (Å²) in [6, 6.07) is 5.99. The number of Topliss-reactive ketones (excluding diaryl/α,β-unsaturated/α-hetero) is 1. The number of fused-ring (bicyclic) bond motifs is 8. The molecule has 0 radical (unpaired) electrons. The maximum atomic E-state index is 14.0. The van der Waals surface area contributed by atoms with Gasteiger partial charge < -0.3 is 19.8 Å². The van der Waals surface area contributed by atoms with Gasteiger partial charge >= 0.3 is 11.9 Å². The number of H-pyrrole nitrogens is 2. The molecular formula is C35H36N4O5. The molecule has 8 bridgehead atoms. The van der Waals surface area contributed by atoms with E-state index in [4.69, 9.17) is 14.7 Å². The lowest BCUT2D eigenvalue weighted by atomic mass is 9.84. The second-order valence-corrected chi connectivity index (χ2v) is 11.9. The molecule has 0 saturated carbocycles. The van der Waals surface area contributed by atoms with Crippen molar-refractivity contribution in [1.82, 2.24) is 19.9 Å². The number of esters is 1. The van der Waals surface area contributed by atoms with E-state index in [9.17, 15) is 19.5 Å². The van der Waals surface area contributed by atoms with Crippen molar-refractivity contribution in [1.29, 1.82) is 0 Å². The van der Waals surface area contributed by atoms with Gasteiger partial charge in [-0.15, -0.1) is 0 Å². The zero-order chi connectivity index (χ0) is 31.6. The first-order valence-electron chi connectivity index (χ1n) is 14.9. The number of carboxylic acid groups (broad SMARTS) is 1. The summed E-state index contributed by atoms with van der Waals surface area (Å²) in [6.45, 7) is 14.1. The number of aryl methyl sites for hydroxylation is 2. The van der Waals surface area contributed by atoms with Gasteiger partial charge in [0.2, 0.25) is 0 Å². The molecule has 44 heavy (non-hydrogen) atoms. The lowest BCUT2D eigenvalue weighted by molar-refractivity contribution is -0.141. The fraction of sp³-hybridized carbons (Fsp3) is 0.343. The van der Waals surface area contributed by atoms with Gasteiger partial charge in [0.25, 0.3) is 0 Å². The highest BCUT2D eigenvalue weighted by Crippen LogP contribution is 2.48. The van der Waals surface area contributed by atoms with E-state index in [-0.39, 0.29) is 24.0 Å². The van der Waals surface area contributed by atoms with Crippen LogP contribution < -0.4 is 0 Å². The van der Waals surface area contributed by atoms with Crippen LogP contribution in [0.15, 0.2) is 24.8 Å². The summed E-state index contributed by atoms with van der Waals surface area (Å²) in [5, 5.41) is 9.60. The molecule has 0 amide bonds. The molecule has 9 nitrogen and oxygen atoms in total. The maximum Gasteiger partial charge on any atom is 0.321 e. The molecule has 3 aliphatic rings. The van der Waals surface area contributed by atoms with Crippen LogP contribution >= 0.6 is 0 Å². The molecule has 3 aromatic heterocycles. The Morgan fingerprint density at radius 2 is 1.75 bits per heavy atom. The number of carbonyl (C=O) groups is 3. The molecule has 3 aromatic rings. The molecule has 2 unspecified atom stereocenters. The molecule has 5 heterocycles. The van der Waals surface area contributed by atoms with Crippen LogP contribution in [-0.4, -0.2) is 49.9 Å². The number of aromatic nitrogens is 4. The van der Waals surface area contributed by atoms with Crippen LogP contribution in [0.25, 0.3) is 39.3 Å². The maximum absolute atomic E-state index is 14.0. The second-order valence-electron chi connectivity index (χ2n) is 11.9. The molecule has 3 N–H and O–H groups in total. The van der Waals surface area contributed by atoms with Crippen LogP contribution in [0.3, 0.4) is 0 Å². The lowest BCUT2D eigenvalue weighted by Gasteiger charge is -2.18. The van der Waals surface area contributed by atoms with Gasteiger partial charge in [-0.2, -0.15) is 0 Å². The molecule has 0 fully saturated rings. The molecule has 0 aromatic carbocycles. The van der Waals surface area contributed by atoms with E-state index in [1.54, 1.807) is 0 Å². The van der Waals surface area contributed by atoms with Crippen molar-refractivity contribution in [2.24, 2.45) is 0 Å². The highest BCUT2D eigenvalue weighted by Gasteiger charge is 2.45. The summed E-state index contributed by atoms with van der Waals surface area (Å²) in [7, 11) is 1.27. The van der Waals surface area contributed by atoms with E-state index in [0.717, 1.165) is 62.3 Å². The number of ketones is 1. The van der Waals surface area contributed by atoms with Crippen molar-refractivity contribution < 1.29 is 24.2 Å². The number of carbonyl (C=O) groups excluding carboxylic acids is 2. The third-order valence-electron chi connectivity index (χ3n) is 9.57. The zero-order valence-corrected chi connectivity index (χ0v) is 25.8. The minimum Gasteiger partial charge on any atom is -0.481 e. The number of allylic oxidation sites excluding steroid dienone is 2. The molecular weight excluding hydrogens is 556 g/mol. The van der Waals surface area contributed by atoms with Gasteiger partial charge in [0.15, 0.2) is 5.78 Å². The number of nitrogens with zero attached hydrogens (tertiary/aromatic N) is 2. The highest BCUT2D eigenvalue weighted by molar-refractivity contribution is 6.23. The number of hydrogen-bond donors (Lipinski definition) is 3. The van der Waals surface area contributed by atoms with Crippen LogP contribution in [-0.2, 0) is 14.3 Å². The molecule has 9 heteroatoms. The van der Waals surface area contributed by atoms with Crippen molar-refractivity contribution >= 4 is 57.0 Å². The third kappa shape index (κ3) is 4.32. The summed E-state index contributed by atoms with van der Waals surface area (Å²) < 4.78 is 5.13. The average Bonchev–Trinajstić information content (AvgIpc) is 3.72. The van der Waals surface area contributed by atoms with Gasteiger partial charge in [-0.1, -0.05) is 26.5 Å². The molecule has 2 aliphatic heterocycles. The first-order chi connectivity index (χ1) is 21.0. The standard InChI is InChI=1S/C35H36N4O5/c1-8-19-15(3)22-12-24-17(5)21(10-11-28(40)41)32(38-24)30-31(35(43)44-7)34(42)29-18(6)25(39-33(29)30)14-27-20(9-2)16(4)23(37-27)13-26(19)36-22/h8,12-14,17,21,31,36,39H,1,9-11H2,2-7H3,(H,40,41)/t17?,21-,31?/m0/s1. The number of ether oxygens (including phenoxy) is 1. The minimum absolute atomic E-state index is 0.0772. The highest BCUT2D eigenvalue weighted by atomic mass is 16.5. The van der Waals surface area contributed by atoms with E-state index < -0.39 is 17.9 Å². The molecule has 0 saturated heterocycles. The summed E-state index contributed by atoms with van der Waals surface area (Å²) in [5.41, 5.74) is 11.7. The van der Waals surface area contributed by atoms with Gasteiger partial charge in [0, 0.05) is 57.2 Å². The first-order valence-corrected chi connectivity index (χ1v) is 14.9. The number of carboxylic acids is 1. The van der Waals surface area contributed by atoms with Crippen LogP contribution in [0.1, 0.15) is 113 Å². The van der Waals surface area contributed by atoms with Gasteiger partial charge in [-0.3, -0.25) is 19.4 Å². The number of rotatable bonds is 6. The quantitative estimate of drug-likeness (QED) is 0.205. The van der Waals surface area contributed by atoms with Crippen molar-refractivity contribution in [3.8, 4) is 0 Å². The smallest absolute Gasteiger partial charge is 0.321 e. The second kappa shape index (κ2) is 10.7. The predicted octanol–water partition coefficient (Wildman–Crippen LogP) is 7.12. The average molecular weight is 593 g/mol. The Hall–Kier alpha value is -4.79. The Bertz CT molecular complexity index is 1990. The predicted molar refractivity (Wildman–Crippen MR) is 170 cm³/mol. The Morgan fingerprint density at radius 3 is 2.41 bits per heavy atom. The van der Waals surface area contributed by atoms with Crippen molar-refractivity contribution in [2.45, 2.75) is 71.6 Å². The molecule has 6 rings (SSSR count). The fourth-order valence-corrected chi connectivity index (χ4v) is 7.09.